The summed E-state index contributed by atoms with van der Waals surface area (Å²) in [7, 11) is -7.55. The summed E-state index contributed by atoms with van der Waals surface area (Å²) in [5.41, 5.74) is 10.2. The molecule has 0 radical (unpaired) electrons. The van der Waals surface area contributed by atoms with Crippen LogP contribution in [-0.4, -0.2) is 109 Å². The largest absolute Gasteiger partial charge is 0.480 e. The van der Waals surface area contributed by atoms with Crippen LogP contribution in [0.3, 0.4) is 0 Å². The number of aromatic nitrogens is 4. The van der Waals surface area contributed by atoms with Crippen LogP contribution in [0.25, 0.3) is 43.6 Å². The Morgan fingerprint density at radius 2 is 0.885 bits per heavy atom. The number of halogens is 4. The van der Waals surface area contributed by atoms with Gasteiger partial charge in [-0.25, -0.2) is 34.4 Å². The number of aliphatic hydroxyl groups excluding tert-OH is 1. The van der Waals surface area contributed by atoms with E-state index in [2.05, 4.69) is 4.98 Å². The van der Waals surface area contributed by atoms with E-state index in [9.17, 15) is 69.2 Å². The van der Waals surface area contributed by atoms with Gasteiger partial charge in [-0.3, -0.25) is 19.4 Å². The summed E-state index contributed by atoms with van der Waals surface area (Å²) in [5, 5.41) is 42.2. The predicted molar refractivity (Wildman–Crippen MR) is 358 cm³/mol. The van der Waals surface area contributed by atoms with Crippen molar-refractivity contribution in [2.75, 3.05) is 26.2 Å². The number of benzene rings is 6. The third kappa shape index (κ3) is 14.0. The minimum absolute atomic E-state index is 0.0302. The molecule has 4 aromatic heterocycles. The lowest BCUT2D eigenvalue weighted by Gasteiger charge is -2.32. The number of carboxylic acid groups (broad SMARTS) is 3. The Bertz CT molecular complexity index is 4870. The predicted octanol–water partition coefficient (Wildman–Crippen LogP) is 14.0. The molecule has 0 amide bonds. The number of aliphatic hydroxyl groups is 1. The summed E-state index contributed by atoms with van der Waals surface area (Å²) in [4.78, 5) is 38.8. The van der Waals surface area contributed by atoms with Gasteiger partial charge in [0.05, 0.1) is 22.2 Å². The molecular formula is C73H76F4N6O11S2. The number of hydrogen-bond donors (Lipinski definition) is 4. The molecule has 17 nitrogen and oxygen atoms in total. The highest BCUT2D eigenvalue weighted by atomic mass is 32.2. The van der Waals surface area contributed by atoms with Gasteiger partial charge in [0, 0.05) is 81.4 Å². The third-order valence-corrected chi connectivity index (χ3v) is 23.6. The van der Waals surface area contributed by atoms with Crippen LogP contribution in [0, 0.1) is 63.8 Å². The molecule has 96 heavy (non-hydrogen) atoms. The van der Waals surface area contributed by atoms with E-state index in [0.717, 1.165) is 81.3 Å². The molecule has 2 saturated heterocycles. The quantitative estimate of drug-likeness (QED) is 0.0702. The molecule has 6 aromatic carbocycles. The van der Waals surface area contributed by atoms with Crippen molar-refractivity contribution in [2.24, 2.45) is 5.92 Å². The zero-order chi connectivity index (χ0) is 68.7. The van der Waals surface area contributed by atoms with E-state index >= 15 is 0 Å². The van der Waals surface area contributed by atoms with Crippen molar-refractivity contribution in [1.29, 1.82) is 0 Å². The third-order valence-electron chi connectivity index (χ3n) is 19.6. The molecule has 1 saturated carbocycles. The molecule has 4 N–H and O–H groups in total. The molecule has 1 unspecified atom stereocenters. The number of nitrogens with zero attached hydrogens (tertiary/aromatic N) is 6. The van der Waals surface area contributed by atoms with Gasteiger partial charge in [-0.2, -0.15) is 8.61 Å². The zero-order valence-corrected chi connectivity index (χ0v) is 55.5. The zero-order valence-electron chi connectivity index (χ0n) is 53.9. The summed E-state index contributed by atoms with van der Waals surface area (Å²) in [6, 6.07) is 36.1. The average Bonchev–Trinajstić information content (AvgIpc) is 1.58. The lowest BCUT2D eigenvalue weighted by atomic mass is 9.75. The van der Waals surface area contributed by atoms with Crippen LogP contribution in [0.4, 0.5) is 17.6 Å². The van der Waals surface area contributed by atoms with Gasteiger partial charge in [-0.1, -0.05) is 48.5 Å². The van der Waals surface area contributed by atoms with Crippen LogP contribution in [0.1, 0.15) is 126 Å². The summed E-state index contributed by atoms with van der Waals surface area (Å²) in [6.07, 6.45) is 4.89. The van der Waals surface area contributed by atoms with E-state index in [-0.39, 0.29) is 72.9 Å². The molecule has 13 rings (SSSR count). The van der Waals surface area contributed by atoms with Crippen LogP contribution >= 0.6 is 0 Å². The molecule has 504 valence electrons. The highest BCUT2D eigenvalue weighted by molar-refractivity contribution is 7.89. The molecule has 6 heterocycles. The van der Waals surface area contributed by atoms with Crippen LogP contribution in [0.2, 0.25) is 0 Å². The molecule has 10 aromatic rings. The molecule has 2 aliphatic heterocycles. The van der Waals surface area contributed by atoms with Gasteiger partial charge >= 0.3 is 17.9 Å². The SMILES string of the molecule is Cc1c(C2CCC(C(O)c3ccc4ccccc4n3)CC2)c2cc(F)ccc2n1CC(=O)O.Cc1ccc(S(=O)(=O)N2CCC(c3c(C)n(CC(=O)O)c4ccc(F)cc34)CC2)c(F)c1.Cc1ccccc1S(=O)(=O)N1CCC(c2c(C)n(CC(=O)O)c3ccc(F)cc23)CC1. The monoisotopic (exact) mass is 1350 g/mol. The van der Waals surface area contributed by atoms with Gasteiger partial charge in [0.1, 0.15) is 47.8 Å². The van der Waals surface area contributed by atoms with E-state index in [4.69, 9.17) is 0 Å². The van der Waals surface area contributed by atoms with Crippen molar-refractivity contribution in [3.05, 3.63) is 207 Å². The van der Waals surface area contributed by atoms with Crippen molar-refractivity contribution in [2.45, 2.75) is 139 Å². The first-order chi connectivity index (χ1) is 45.7. The molecule has 0 spiro atoms. The number of sulfonamides is 2. The Kier molecular flexibility index (Phi) is 20.1. The second-order valence-corrected chi connectivity index (χ2v) is 29.3. The Balaban J connectivity index is 0.000000146. The van der Waals surface area contributed by atoms with E-state index in [1.807, 2.05) is 56.3 Å². The second kappa shape index (κ2) is 28.1. The lowest BCUT2D eigenvalue weighted by molar-refractivity contribution is -0.138. The Hall–Kier alpha value is -8.74. The minimum Gasteiger partial charge on any atom is -0.480 e. The van der Waals surface area contributed by atoms with Gasteiger partial charge in [0.2, 0.25) is 20.0 Å². The van der Waals surface area contributed by atoms with Crippen molar-refractivity contribution in [3.63, 3.8) is 0 Å². The topological polar surface area (TPSA) is 235 Å². The van der Waals surface area contributed by atoms with Crippen molar-refractivity contribution in [1.82, 2.24) is 27.3 Å². The number of rotatable bonds is 15. The van der Waals surface area contributed by atoms with Gasteiger partial charge in [-0.05, 0) is 222 Å². The van der Waals surface area contributed by atoms with Crippen LogP contribution < -0.4 is 0 Å². The molecule has 1 aliphatic carbocycles. The number of carboxylic acids is 3. The van der Waals surface area contributed by atoms with E-state index in [1.54, 1.807) is 76.9 Å². The number of carbonyl (C=O) groups is 3. The highest BCUT2D eigenvalue weighted by Crippen LogP contribution is 2.46. The standard InChI is InChI=1S/C27H27FN2O3.C23H24F2N2O4S.C23H25FN2O4S/c1-16-26(21-14-20(28)11-13-24(21)30(16)15-25(31)32)18-6-8-19(9-7-18)27(33)23-12-10-17-4-2-3-5-22(17)29-23;1-14-3-6-21(19(25)11-14)32(30,31)26-9-7-16(8-10-26)23-15(2)27(13-22(28)29)20-5-4-17(24)12-18(20)23;1-15-5-3-4-6-21(15)31(29,30)25-11-9-17(10-12-25)23-16(2)26(14-22(27)28)20-8-7-18(24)13-19(20)23/h2-5,10-14,18-19,27,33H,6-9,15H2,1H3,(H,31,32);3-6,11-12,16H,7-10,13H2,1-2H3,(H,28,29);3-8,13,17H,9-12,14H2,1-2H3,(H,27,28). The first-order valence-corrected chi connectivity index (χ1v) is 35.0. The van der Waals surface area contributed by atoms with Crippen LogP contribution in [-0.2, 0) is 54.1 Å². The Labute approximate surface area is 553 Å². The summed E-state index contributed by atoms with van der Waals surface area (Å²) >= 11 is 0. The fourth-order valence-corrected chi connectivity index (χ4v) is 18.1. The normalized spacial score (nSPS) is 17.3. The van der Waals surface area contributed by atoms with Gasteiger partial charge in [-0.15, -0.1) is 0 Å². The first kappa shape index (κ1) is 68.6. The number of hydrogen-bond acceptors (Lipinski definition) is 9. The molecule has 3 fully saturated rings. The fourth-order valence-electron chi connectivity index (χ4n) is 14.9. The molecule has 0 bridgehead atoms. The summed E-state index contributed by atoms with van der Waals surface area (Å²) in [6.45, 7) is 9.60. The van der Waals surface area contributed by atoms with Gasteiger partial charge in [0.25, 0.3) is 0 Å². The average molecular weight is 1350 g/mol. The van der Waals surface area contributed by atoms with E-state index in [1.165, 1.54) is 57.1 Å². The maximum atomic E-state index is 14.3. The maximum absolute atomic E-state index is 14.3. The van der Waals surface area contributed by atoms with Crippen LogP contribution in [0.15, 0.2) is 143 Å². The van der Waals surface area contributed by atoms with Crippen molar-refractivity contribution < 1.29 is 69.2 Å². The number of pyridine rings is 1. The number of aliphatic carboxylic acids is 3. The summed E-state index contributed by atoms with van der Waals surface area (Å²) in [5.74, 6) is -4.47. The number of piperidine rings is 2. The molecular weight excluding hydrogens is 1280 g/mol. The van der Waals surface area contributed by atoms with Crippen molar-refractivity contribution >= 4 is 81.6 Å². The van der Waals surface area contributed by atoms with E-state index < -0.39 is 55.7 Å². The fraction of sp³-hybridized carbons (Fsp3) is 0.342. The number of fused-ring (bicyclic) bond motifs is 4. The molecule has 1 atom stereocenters. The summed E-state index contributed by atoms with van der Waals surface area (Å²) < 4.78 is 117. The lowest BCUT2D eigenvalue weighted by Crippen LogP contribution is -2.38. The second-order valence-electron chi connectivity index (χ2n) is 25.5. The Morgan fingerprint density at radius 1 is 0.479 bits per heavy atom. The van der Waals surface area contributed by atoms with Crippen molar-refractivity contribution in [3.8, 4) is 0 Å². The number of para-hydroxylation sites is 1. The number of aryl methyl sites for hydroxylation is 2. The smallest absolute Gasteiger partial charge is 0.323 e. The van der Waals surface area contributed by atoms with Gasteiger partial charge in [0.15, 0.2) is 0 Å². The van der Waals surface area contributed by atoms with E-state index in [0.29, 0.717) is 82.3 Å². The first-order valence-electron chi connectivity index (χ1n) is 32.1. The highest BCUT2D eigenvalue weighted by Gasteiger charge is 2.37. The Morgan fingerprint density at radius 3 is 1.31 bits per heavy atom. The molecule has 23 heteroatoms. The van der Waals surface area contributed by atoms with Gasteiger partial charge < -0.3 is 34.1 Å². The molecule has 3 aliphatic rings. The van der Waals surface area contributed by atoms with Crippen LogP contribution in [0.5, 0.6) is 0 Å². The minimum atomic E-state index is -3.97. The maximum Gasteiger partial charge on any atom is 0.323 e.